The van der Waals surface area contributed by atoms with Crippen molar-refractivity contribution in [3.05, 3.63) is 35.0 Å². The molecule has 0 radical (unpaired) electrons. The minimum Gasteiger partial charge on any atom is -0.388 e. The second kappa shape index (κ2) is 8.05. The Morgan fingerprint density at radius 3 is 2.87 bits per heavy atom. The van der Waals surface area contributed by atoms with E-state index in [1.54, 1.807) is 18.3 Å². The van der Waals surface area contributed by atoms with Crippen LogP contribution >= 0.6 is 11.6 Å². The zero-order valence-corrected chi connectivity index (χ0v) is 17.1. The lowest BCUT2D eigenvalue weighted by atomic mass is 9.77. The number of aliphatic hydroxyl groups is 1. The summed E-state index contributed by atoms with van der Waals surface area (Å²) in [6, 6.07) is 5.46. The molecule has 0 spiro atoms. The molecule has 1 aromatic heterocycles. The Kier molecular flexibility index (Phi) is 5.76. The Hall–Kier alpha value is -1.77. The fourth-order valence-corrected chi connectivity index (χ4v) is 4.88. The smallest absolute Gasteiger partial charge is 0.388 e. The summed E-state index contributed by atoms with van der Waals surface area (Å²) in [6.45, 7) is 0.942. The molecule has 30 heavy (non-hydrogen) atoms. The Labute approximate surface area is 177 Å². The minimum absolute atomic E-state index is 0.00626. The van der Waals surface area contributed by atoms with Crippen molar-refractivity contribution in [3.8, 4) is 0 Å². The first kappa shape index (κ1) is 21.5. The molecule has 2 aromatic rings. The van der Waals surface area contributed by atoms with Crippen LogP contribution in [0.15, 0.2) is 24.4 Å². The van der Waals surface area contributed by atoms with Crippen molar-refractivity contribution < 1.29 is 27.8 Å². The first-order chi connectivity index (χ1) is 14.2. The van der Waals surface area contributed by atoms with Gasteiger partial charge in [0.05, 0.1) is 40.3 Å². The monoisotopic (exact) mass is 444 g/mol. The Balaban J connectivity index is 1.55. The van der Waals surface area contributed by atoms with E-state index in [0.717, 1.165) is 11.9 Å². The lowest BCUT2D eigenvalue weighted by Crippen LogP contribution is -2.48. The van der Waals surface area contributed by atoms with Crippen molar-refractivity contribution in [2.45, 2.75) is 49.9 Å². The van der Waals surface area contributed by atoms with Gasteiger partial charge in [0.25, 0.3) is 5.91 Å². The van der Waals surface area contributed by atoms with Gasteiger partial charge in [0.15, 0.2) is 0 Å². The van der Waals surface area contributed by atoms with E-state index in [1.807, 2.05) is 10.6 Å². The van der Waals surface area contributed by atoms with Crippen LogP contribution in [-0.4, -0.2) is 47.1 Å². The van der Waals surface area contributed by atoms with Gasteiger partial charge in [0.1, 0.15) is 0 Å². The minimum atomic E-state index is -4.34. The van der Waals surface area contributed by atoms with Crippen LogP contribution in [-0.2, 0) is 4.74 Å². The first-order valence-corrected chi connectivity index (χ1v) is 10.5. The number of carbonyl (C=O) groups is 1. The van der Waals surface area contributed by atoms with Crippen molar-refractivity contribution in [1.82, 2.24) is 9.88 Å². The van der Waals surface area contributed by atoms with Crippen LogP contribution in [0.4, 0.5) is 13.2 Å². The number of rotatable bonds is 4. The number of fused-ring (bicyclic) bond motifs is 1. The highest BCUT2D eigenvalue weighted by Gasteiger charge is 2.47. The van der Waals surface area contributed by atoms with E-state index in [2.05, 4.69) is 5.32 Å². The van der Waals surface area contributed by atoms with Crippen molar-refractivity contribution in [2.24, 2.45) is 5.92 Å². The maximum atomic E-state index is 13.1. The fourth-order valence-electron chi connectivity index (χ4n) is 4.60. The predicted octanol–water partition coefficient (Wildman–Crippen LogP) is 4.47. The van der Waals surface area contributed by atoms with Gasteiger partial charge in [-0.3, -0.25) is 4.79 Å². The van der Waals surface area contributed by atoms with Gasteiger partial charge in [-0.15, -0.1) is 0 Å². The van der Waals surface area contributed by atoms with Crippen LogP contribution in [0.5, 0.6) is 0 Å². The third-order valence-corrected chi connectivity index (χ3v) is 6.53. The number of aromatic nitrogens is 1. The number of carbonyl (C=O) groups excluding carboxylic acids is 1. The average Bonchev–Trinajstić information content (AvgIpc) is 3.34. The molecule has 2 N–H and O–H groups in total. The summed E-state index contributed by atoms with van der Waals surface area (Å²) in [5.41, 5.74) is -0.429. The van der Waals surface area contributed by atoms with E-state index in [-0.39, 0.29) is 31.8 Å². The van der Waals surface area contributed by atoms with Gasteiger partial charge in [-0.2, -0.15) is 13.2 Å². The van der Waals surface area contributed by atoms with Crippen molar-refractivity contribution >= 4 is 28.4 Å². The number of alkyl halides is 3. The number of amides is 1. The summed E-state index contributed by atoms with van der Waals surface area (Å²) in [5.74, 6) is -2.01. The molecule has 1 amide bonds. The number of halogens is 4. The van der Waals surface area contributed by atoms with Gasteiger partial charge in [-0.1, -0.05) is 17.7 Å². The van der Waals surface area contributed by atoms with Gasteiger partial charge in [-0.25, -0.2) is 0 Å². The number of ether oxygens (including phenoxy) is 1. The van der Waals surface area contributed by atoms with Crippen molar-refractivity contribution in [2.75, 3.05) is 19.8 Å². The summed E-state index contributed by atoms with van der Waals surface area (Å²) >= 11 is 6.37. The van der Waals surface area contributed by atoms with E-state index in [9.17, 15) is 23.1 Å². The van der Waals surface area contributed by atoms with Crippen molar-refractivity contribution in [1.29, 1.82) is 0 Å². The molecule has 1 aliphatic heterocycles. The van der Waals surface area contributed by atoms with Crippen LogP contribution in [0.2, 0.25) is 5.02 Å². The van der Waals surface area contributed by atoms with Gasteiger partial charge in [-0.05, 0) is 44.2 Å². The van der Waals surface area contributed by atoms with Crippen LogP contribution in [0.3, 0.4) is 0 Å². The second-order valence-electron chi connectivity index (χ2n) is 8.34. The molecule has 2 heterocycles. The van der Waals surface area contributed by atoms with Gasteiger partial charge in [0.2, 0.25) is 0 Å². The molecule has 9 heteroatoms. The molecule has 0 bridgehead atoms. The quantitative estimate of drug-likeness (QED) is 0.731. The molecule has 2 fully saturated rings. The molecule has 3 unspecified atom stereocenters. The number of nitrogens with zero attached hydrogens (tertiary/aromatic N) is 1. The fraction of sp³-hybridized carbons (Fsp3) is 0.571. The summed E-state index contributed by atoms with van der Waals surface area (Å²) in [5, 5.41) is 14.3. The average molecular weight is 445 g/mol. The summed E-state index contributed by atoms with van der Waals surface area (Å²) < 4.78 is 46.7. The van der Waals surface area contributed by atoms with E-state index in [1.165, 1.54) is 0 Å². The normalized spacial score (nSPS) is 27.5. The summed E-state index contributed by atoms with van der Waals surface area (Å²) in [6.07, 6.45) is -1.72. The van der Waals surface area contributed by atoms with E-state index >= 15 is 0 Å². The number of hydrogen-bond donors (Lipinski definition) is 2. The number of benzene rings is 1. The summed E-state index contributed by atoms with van der Waals surface area (Å²) in [4.78, 5) is 13.0. The molecule has 1 saturated heterocycles. The Morgan fingerprint density at radius 1 is 1.37 bits per heavy atom. The van der Waals surface area contributed by atoms with E-state index in [4.69, 9.17) is 16.3 Å². The highest BCUT2D eigenvalue weighted by Crippen LogP contribution is 2.41. The van der Waals surface area contributed by atoms with Gasteiger partial charge >= 0.3 is 6.18 Å². The van der Waals surface area contributed by atoms with E-state index < -0.39 is 30.0 Å². The predicted molar refractivity (Wildman–Crippen MR) is 107 cm³/mol. The van der Waals surface area contributed by atoms with Crippen molar-refractivity contribution in [3.63, 3.8) is 0 Å². The Bertz CT molecular complexity index is 939. The van der Waals surface area contributed by atoms with Gasteiger partial charge in [0, 0.05) is 24.7 Å². The molecular weight excluding hydrogens is 421 g/mol. The zero-order valence-electron chi connectivity index (χ0n) is 16.3. The summed E-state index contributed by atoms with van der Waals surface area (Å²) in [7, 11) is 0. The topological polar surface area (TPSA) is 63.5 Å². The third-order valence-electron chi connectivity index (χ3n) is 6.21. The van der Waals surface area contributed by atoms with Crippen LogP contribution in [0, 0.1) is 5.92 Å². The SMILES string of the molecule is O=C(NCC1(O)CCCC(C(F)(F)F)C1)c1cn(C2CCOC2)c2cccc(Cl)c12. The molecule has 5 nitrogen and oxygen atoms in total. The van der Waals surface area contributed by atoms with Crippen LogP contribution in [0.1, 0.15) is 48.5 Å². The number of hydrogen-bond acceptors (Lipinski definition) is 3. The first-order valence-electron chi connectivity index (χ1n) is 10.1. The molecule has 1 aliphatic carbocycles. The lowest BCUT2D eigenvalue weighted by Gasteiger charge is -2.37. The maximum absolute atomic E-state index is 13.1. The lowest BCUT2D eigenvalue weighted by molar-refractivity contribution is -0.199. The molecule has 1 aromatic carbocycles. The molecule has 2 aliphatic rings. The zero-order chi connectivity index (χ0) is 21.5. The molecule has 4 rings (SSSR count). The Morgan fingerprint density at radius 2 is 2.17 bits per heavy atom. The van der Waals surface area contributed by atoms with E-state index in [0.29, 0.717) is 29.2 Å². The molecule has 1 saturated carbocycles. The van der Waals surface area contributed by atoms with Crippen LogP contribution in [0.25, 0.3) is 10.9 Å². The third kappa shape index (κ3) is 4.18. The standard InChI is InChI=1S/C21H24ClF3N2O3/c22-16-4-1-5-17-18(16)15(10-27(17)14-6-8-30-11-14)19(28)26-12-20(29)7-2-3-13(9-20)21(23,24)25/h1,4-5,10,13-14,29H,2-3,6-9,11-12H2,(H,26,28). The molecule has 3 atom stereocenters. The molecule has 164 valence electrons. The van der Waals surface area contributed by atoms with Gasteiger partial charge < -0.3 is 19.7 Å². The largest absolute Gasteiger partial charge is 0.391 e. The highest BCUT2D eigenvalue weighted by molar-refractivity contribution is 6.36. The number of nitrogens with one attached hydrogen (secondary N) is 1. The maximum Gasteiger partial charge on any atom is 0.391 e. The van der Waals surface area contributed by atoms with Crippen LogP contribution < -0.4 is 5.32 Å². The molecular formula is C21H24ClF3N2O3. The highest BCUT2D eigenvalue weighted by atomic mass is 35.5. The second-order valence-corrected chi connectivity index (χ2v) is 8.75.